The summed E-state index contributed by atoms with van der Waals surface area (Å²) in [5.41, 5.74) is -0.154. The molecule has 0 atom stereocenters. The molecule has 3 N–H and O–H groups in total. The molecule has 24 heavy (non-hydrogen) atoms. The van der Waals surface area contributed by atoms with Gasteiger partial charge in [0.1, 0.15) is 5.82 Å². The number of benzene rings is 1. The van der Waals surface area contributed by atoms with Crippen molar-refractivity contribution in [3.63, 3.8) is 0 Å². The molecular formula is C17H20FN3O3. The lowest BCUT2D eigenvalue weighted by molar-refractivity contribution is -0.0598. The van der Waals surface area contributed by atoms with E-state index in [-0.39, 0.29) is 12.2 Å². The lowest BCUT2D eigenvalue weighted by Crippen LogP contribution is -2.47. The Bertz CT molecular complexity index is 697. The van der Waals surface area contributed by atoms with Crippen molar-refractivity contribution >= 4 is 11.7 Å². The second-order valence-corrected chi connectivity index (χ2v) is 5.90. The Labute approximate surface area is 139 Å². The smallest absolute Gasteiger partial charge is 0.319 e. The predicted octanol–water partition coefficient (Wildman–Crippen LogP) is 2.28. The molecule has 6 nitrogen and oxygen atoms in total. The van der Waals surface area contributed by atoms with Crippen LogP contribution < -0.4 is 10.6 Å². The fourth-order valence-electron chi connectivity index (χ4n) is 2.62. The second kappa shape index (κ2) is 7.02. The summed E-state index contributed by atoms with van der Waals surface area (Å²) in [5, 5.41) is 15.4. The minimum atomic E-state index is -0.971. The van der Waals surface area contributed by atoms with E-state index in [4.69, 9.17) is 4.74 Å². The number of carbonyl (C=O) groups is 1. The van der Waals surface area contributed by atoms with Crippen molar-refractivity contribution in [2.45, 2.75) is 18.4 Å². The van der Waals surface area contributed by atoms with Gasteiger partial charge in [0.25, 0.3) is 0 Å². The van der Waals surface area contributed by atoms with Crippen LogP contribution in [0.2, 0.25) is 0 Å². The number of anilines is 1. The third kappa shape index (κ3) is 3.93. The Hall–Kier alpha value is -2.38. The number of hydrogen-bond acceptors (Lipinski definition) is 3. The molecule has 128 valence electrons. The summed E-state index contributed by atoms with van der Waals surface area (Å²) in [6.45, 7) is 1.03. The highest BCUT2D eigenvalue weighted by molar-refractivity contribution is 5.89. The maximum Gasteiger partial charge on any atom is 0.319 e. The van der Waals surface area contributed by atoms with Gasteiger partial charge < -0.3 is 25.0 Å². The van der Waals surface area contributed by atoms with Crippen molar-refractivity contribution in [2.75, 3.05) is 25.1 Å². The van der Waals surface area contributed by atoms with Gasteiger partial charge in [-0.05, 0) is 30.3 Å². The van der Waals surface area contributed by atoms with Gasteiger partial charge in [-0.1, -0.05) is 0 Å². The Morgan fingerprint density at radius 3 is 2.71 bits per heavy atom. The Balaban J connectivity index is 1.62. The molecule has 0 radical (unpaired) electrons. The molecule has 0 unspecified atom stereocenters. The predicted molar refractivity (Wildman–Crippen MR) is 87.8 cm³/mol. The van der Waals surface area contributed by atoms with Crippen molar-refractivity contribution in [1.29, 1.82) is 0 Å². The van der Waals surface area contributed by atoms with Crippen molar-refractivity contribution in [1.82, 2.24) is 9.88 Å². The van der Waals surface area contributed by atoms with Crippen molar-refractivity contribution < 1.29 is 19.0 Å². The van der Waals surface area contributed by atoms with Crippen LogP contribution in [0.5, 0.6) is 0 Å². The van der Waals surface area contributed by atoms with Crippen LogP contribution in [0.1, 0.15) is 12.8 Å². The number of rotatable bonds is 4. The van der Waals surface area contributed by atoms with E-state index in [9.17, 15) is 14.3 Å². The summed E-state index contributed by atoms with van der Waals surface area (Å²) in [7, 11) is 0. The zero-order valence-electron chi connectivity index (χ0n) is 13.2. The van der Waals surface area contributed by atoms with Crippen LogP contribution in [-0.2, 0) is 4.74 Å². The van der Waals surface area contributed by atoms with Crippen LogP contribution in [0.3, 0.4) is 0 Å². The van der Waals surface area contributed by atoms with Crippen LogP contribution in [0, 0.1) is 5.82 Å². The fraction of sp³-hybridized carbons (Fsp3) is 0.353. The molecule has 0 saturated carbocycles. The van der Waals surface area contributed by atoms with Gasteiger partial charge in [-0.2, -0.15) is 0 Å². The monoisotopic (exact) mass is 333 g/mol. The highest BCUT2D eigenvalue weighted by Crippen LogP contribution is 2.21. The molecule has 0 spiro atoms. The van der Waals surface area contributed by atoms with E-state index in [0.29, 0.717) is 26.1 Å². The van der Waals surface area contributed by atoms with Gasteiger partial charge >= 0.3 is 6.03 Å². The van der Waals surface area contributed by atoms with Crippen LogP contribution in [0.15, 0.2) is 42.7 Å². The van der Waals surface area contributed by atoms with E-state index in [1.54, 1.807) is 12.1 Å². The Kier molecular flexibility index (Phi) is 4.82. The minimum Gasteiger partial charge on any atom is -0.388 e. The van der Waals surface area contributed by atoms with Gasteiger partial charge in [-0.15, -0.1) is 0 Å². The summed E-state index contributed by atoms with van der Waals surface area (Å²) < 4.78 is 20.9. The first-order valence-electron chi connectivity index (χ1n) is 7.84. The van der Waals surface area contributed by atoms with E-state index < -0.39 is 17.4 Å². The molecule has 1 saturated heterocycles. The summed E-state index contributed by atoms with van der Waals surface area (Å²) >= 11 is 0. The normalized spacial score (nSPS) is 16.6. The molecule has 1 aromatic carbocycles. The number of nitrogens with zero attached hydrogens (tertiary/aromatic N) is 1. The molecule has 7 heteroatoms. The van der Waals surface area contributed by atoms with E-state index in [1.165, 1.54) is 6.07 Å². The van der Waals surface area contributed by atoms with Gasteiger partial charge in [-0.3, -0.25) is 0 Å². The molecule has 1 aromatic heterocycles. The van der Waals surface area contributed by atoms with Gasteiger partial charge in [0.05, 0.1) is 11.3 Å². The number of nitrogens with one attached hydrogen (secondary N) is 2. The molecule has 0 aliphatic carbocycles. The lowest BCUT2D eigenvalue weighted by atomic mass is 9.94. The van der Waals surface area contributed by atoms with Gasteiger partial charge in [0, 0.05) is 50.7 Å². The molecular weight excluding hydrogens is 313 g/mol. The van der Waals surface area contributed by atoms with Crippen molar-refractivity contribution in [3.8, 4) is 5.69 Å². The molecule has 1 aliphatic rings. The van der Waals surface area contributed by atoms with Crippen molar-refractivity contribution in [3.05, 3.63) is 48.5 Å². The first kappa shape index (κ1) is 16.5. The largest absolute Gasteiger partial charge is 0.388 e. The fourth-order valence-corrected chi connectivity index (χ4v) is 2.62. The molecule has 2 aromatic rings. The molecule has 1 aliphatic heterocycles. The third-order valence-electron chi connectivity index (χ3n) is 4.10. The molecule has 0 bridgehead atoms. The van der Waals surface area contributed by atoms with E-state index in [0.717, 1.165) is 5.69 Å². The number of carbonyl (C=O) groups excluding carboxylic acids is 1. The van der Waals surface area contributed by atoms with Gasteiger partial charge in [0.15, 0.2) is 0 Å². The molecule has 2 amide bonds. The third-order valence-corrected chi connectivity index (χ3v) is 4.10. The summed E-state index contributed by atoms with van der Waals surface area (Å²) in [4.78, 5) is 12.0. The average molecular weight is 333 g/mol. The maximum atomic E-state index is 13.9. The van der Waals surface area contributed by atoms with Crippen LogP contribution >= 0.6 is 0 Å². The summed E-state index contributed by atoms with van der Waals surface area (Å²) in [6, 6.07) is 7.65. The Morgan fingerprint density at radius 2 is 2.00 bits per heavy atom. The SMILES string of the molecule is O=C(NCC1(O)CCOCC1)Nc1cc(-n2cccc2)ccc1F. The highest BCUT2D eigenvalue weighted by atomic mass is 19.1. The Morgan fingerprint density at radius 1 is 1.29 bits per heavy atom. The maximum absolute atomic E-state index is 13.9. The average Bonchev–Trinajstić information content (AvgIpc) is 3.10. The number of amides is 2. The number of ether oxygens (including phenoxy) is 1. The number of aromatic nitrogens is 1. The summed E-state index contributed by atoms with van der Waals surface area (Å²) in [5.74, 6) is -0.522. The first-order chi connectivity index (χ1) is 11.6. The molecule has 3 rings (SSSR count). The van der Waals surface area contributed by atoms with Crippen LogP contribution in [0.25, 0.3) is 5.69 Å². The second-order valence-electron chi connectivity index (χ2n) is 5.90. The van der Waals surface area contributed by atoms with Crippen LogP contribution in [0.4, 0.5) is 14.9 Å². The van der Waals surface area contributed by atoms with E-state index in [2.05, 4.69) is 10.6 Å². The van der Waals surface area contributed by atoms with Crippen LogP contribution in [-0.4, -0.2) is 41.1 Å². The number of halogens is 1. The minimum absolute atomic E-state index is 0.0812. The quantitative estimate of drug-likeness (QED) is 0.803. The number of hydrogen-bond donors (Lipinski definition) is 3. The highest BCUT2D eigenvalue weighted by Gasteiger charge is 2.30. The number of aliphatic hydroxyl groups is 1. The number of urea groups is 1. The van der Waals surface area contributed by atoms with Gasteiger partial charge in [-0.25, -0.2) is 9.18 Å². The van der Waals surface area contributed by atoms with Gasteiger partial charge in [0.2, 0.25) is 0 Å². The van der Waals surface area contributed by atoms with E-state index in [1.807, 2.05) is 29.1 Å². The first-order valence-corrected chi connectivity index (χ1v) is 7.84. The van der Waals surface area contributed by atoms with E-state index >= 15 is 0 Å². The zero-order valence-corrected chi connectivity index (χ0v) is 13.2. The topological polar surface area (TPSA) is 75.5 Å². The molecule has 2 heterocycles. The standard InChI is InChI=1S/C17H20FN3O3/c18-14-4-3-13(21-7-1-2-8-21)11-15(14)20-16(22)19-12-17(23)5-9-24-10-6-17/h1-4,7-8,11,23H,5-6,9-10,12H2,(H2,19,20,22). The zero-order chi connectivity index (χ0) is 17.0. The molecule has 1 fully saturated rings. The summed E-state index contributed by atoms with van der Waals surface area (Å²) in [6.07, 6.45) is 4.59. The lowest BCUT2D eigenvalue weighted by Gasteiger charge is -2.32. The van der Waals surface area contributed by atoms with Crippen molar-refractivity contribution in [2.24, 2.45) is 0 Å².